The van der Waals surface area contributed by atoms with Crippen LogP contribution in [0, 0.1) is 0 Å². The van der Waals surface area contributed by atoms with Gasteiger partial charge in [-0.3, -0.25) is 4.79 Å². The van der Waals surface area contributed by atoms with Gasteiger partial charge >= 0.3 is 63.3 Å². The van der Waals surface area contributed by atoms with E-state index in [1.165, 1.54) is 90.9 Å². The Morgan fingerprint density at radius 1 is 0.645 bits per heavy atom. The average Bonchev–Trinajstić information content (AvgIpc) is 2.70. The number of ether oxygens (including phenoxy) is 2. The molecule has 0 bridgehead atoms. The Bertz CT molecular complexity index is 469. The molecule has 2 unspecified atom stereocenters. The second-order valence-corrected chi connectivity index (χ2v) is 8.23. The summed E-state index contributed by atoms with van der Waals surface area (Å²) in [5.74, 6) is -2.83. The minimum absolute atomic E-state index is 0. The van der Waals surface area contributed by atoms with Crippen LogP contribution in [0.3, 0.4) is 0 Å². The Morgan fingerprint density at radius 2 is 1.03 bits per heavy atom. The number of rotatable bonds is 20. The zero-order valence-corrected chi connectivity index (χ0v) is 23.5. The first-order valence-corrected chi connectivity index (χ1v) is 12.0. The third-order valence-electron chi connectivity index (χ3n) is 5.25. The van der Waals surface area contributed by atoms with Gasteiger partial charge in [-0.1, -0.05) is 96.8 Å². The van der Waals surface area contributed by atoms with Gasteiger partial charge in [-0.15, -0.1) is 0 Å². The fraction of sp³-hybridized carbons (Fsp3) is 0.875. The molecule has 0 saturated carbocycles. The van der Waals surface area contributed by atoms with Crippen molar-refractivity contribution in [2.24, 2.45) is 0 Å². The number of unbranched alkanes of at least 4 members (excludes halogenated alkanes) is 14. The molecular formula is C24H43KO6. The van der Waals surface area contributed by atoms with Crippen LogP contribution in [0.5, 0.6) is 0 Å². The summed E-state index contributed by atoms with van der Waals surface area (Å²) in [5, 5.41) is 10.6. The molecule has 0 aliphatic rings. The van der Waals surface area contributed by atoms with Crippen LogP contribution in [0.4, 0.5) is 0 Å². The molecule has 2 atom stereocenters. The van der Waals surface area contributed by atoms with Crippen molar-refractivity contribution in [3.05, 3.63) is 0 Å². The zero-order chi connectivity index (χ0) is 22.6. The Balaban J connectivity index is 0. The molecule has 0 heterocycles. The first kappa shape index (κ1) is 33.2. The quantitative estimate of drug-likeness (QED) is 0.154. The number of carbonyl (C=O) groups is 3. The third kappa shape index (κ3) is 21.6. The van der Waals surface area contributed by atoms with Gasteiger partial charge in [-0.2, -0.15) is 0 Å². The van der Waals surface area contributed by atoms with E-state index in [0.29, 0.717) is 0 Å². The van der Waals surface area contributed by atoms with E-state index in [-0.39, 0.29) is 57.8 Å². The van der Waals surface area contributed by atoms with Crippen LogP contribution in [-0.4, -0.2) is 30.1 Å². The summed E-state index contributed by atoms with van der Waals surface area (Å²) in [5.41, 5.74) is 0. The molecule has 7 heteroatoms. The molecule has 0 aliphatic carbocycles. The molecule has 0 rings (SSSR count). The van der Waals surface area contributed by atoms with Crippen molar-refractivity contribution in [1.29, 1.82) is 0 Å². The maximum atomic E-state index is 11.8. The van der Waals surface area contributed by atoms with E-state index in [4.69, 9.17) is 4.74 Å². The number of hydrogen-bond acceptors (Lipinski definition) is 6. The maximum absolute atomic E-state index is 11.8. The van der Waals surface area contributed by atoms with Crippen molar-refractivity contribution < 1.29 is 80.3 Å². The second-order valence-electron chi connectivity index (χ2n) is 8.23. The minimum Gasteiger partial charge on any atom is -0.546 e. The normalized spacial score (nSPS) is 12.5. The minimum atomic E-state index is -1.49. The summed E-state index contributed by atoms with van der Waals surface area (Å²) in [6.45, 7) is 4.81. The monoisotopic (exact) mass is 466 g/mol. The topological polar surface area (TPSA) is 92.7 Å². The smallest absolute Gasteiger partial charge is 0.546 e. The number of carboxylic acid groups (broad SMARTS) is 1. The molecule has 0 amide bonds. The molecule has 176 valence electrons. The second kappa shape index (κ2) is 23.2. The number of aliphatic carboxylic acids is 1. The summed E-state index contributed by atoms with van der Waals surface area (Å²) < 4.78 is 9.61. The van der Waals surface area contributed by atoms with E-state index in [1.54, 1.807) is 0 Å². The van der Waals surface area contributed by atoms with E-state index < -0.39 is 30.1 Å². The summed E-state index contributed by atoms with van der Waals surface area (Å²) >= 11 is 0. The molecule has 0 aliphatic heterocycles. The van der Waals surface area contributed by atoms with E-state index >= 15 is 0 Å². The number of carbonyl (C=O) groups excluding carboxylic acids is 3. The van der Waals surface area contributed by atoms with Gasteiger partial charge in [0.15, 0.2) is 6.10 Å². The molecule has 0 N–H and O–H groups in total. The third-order valence-corrected chi connectivity index (χ3v) is 5.25. The van der Waals surface area contributed by atoms with Gasteiger partial charge in [0.2, 0.25) is 0 Å². The molecule has 0 aromatic carbocycles. The maximum Gasteiger partial charge on any atom is 1.00 e. The van der Waals surface area contributed by atoms with E-state index in [2.05, 4.69) is 11.7 Å². The van der Waals surface area contributed by atoms with Crippen LogP contribution in [0.1, 0.15) is 124 Å². The molecule has 6 nitrogen and oxygen atoms in total. The Hall–Kier alpha value is 0.0464. The number of esters is 2. The molecule has 0 spiro atoms. The molecule has 0 aromatic rings. The summed E-state index contributed by atoms with van der Waals surface area (Å²) in [6.07, 6.45) is 16.6. The predicted octanol–water partition coefficient (Wildman–Crippen LogP) is 1.87. The van der Waals surface area contributed by atoms with Crippen molar-refractivity contribution in [2.45, 2.75) is 136 Å². The fourth-order valence-corrected chi connectivity index (χ4v) is 3.26. The predicted molar refractivity (Wildman–Crippen MR) is 116 cm³/mol. The Morgan fingerprint density at radius 3 is 1.42 bits per heavy atom. The first-order chi connectivity index (χ1) is 14.4. The summed E-state index contributed by atoms with van der Waals surface area (Å²) in [4.78, 5) is 33.9. The van der Waals surface area contributed by atoms with Crippen LogP contribution in [-0.2, 0) is 23.9 Å². The number of hydrogen-bond donors (Lipinski definition) is 0. The van der Waals surface area contributed by atoms with Crippen LogP contribution in [0.15, 0.2) is 0 Å². The molecule has 0 radical (unpaired) electrons. The van der Waals surface area contributed by atoms with Gasteiger partial charge < -0.3 is 19.4 Å². The molecule has 0 saturated heterocycles. The molecular weight excluding hydrogens is 423 g/mol. The van der Waals surface area contributed by atoms with Gasteiger partial charge in [0.25, 0.3) is 0 Å². The van der Waals surface area contributed by atoms with Crippen molar-refractivity contribution >= 4 is 17.9 Å². The van der Waals surface area contributed by atoms with Gasteiger partial charge in [-0.25, -0.2) is 4.79 Å². The summed E-state index contributed by atoms with van der Waals surface area (Å²) in [7, 11) is 0. The molecule has 31 heavy (non-hydrogen) atoms. The fourth-order valence-electron chi connectivity index (χ4n) is 3.26. The van der Waals surface area contributed by atoms with E-state index in [0.717, 1.165) is 19.3 Å². The van der Waals surface area contributed by atoms with E-state index in [9.17, 15) is 19.5 Å². The van der Waals surface area contributed by atoms with E-state index in [1.807, 2.05) is 0 Å². The largest absolute Gasteiger partial charge is 1.00 e. The van der Waals surface area contributed by atoms with Gasteiger partial charge in [0.1, 0.15) is 6.10 Å². The first-order valence-electron chi connectivity index (χ1n) is 12.0. The molecule has 0 aromatic heterocycles. The van der Waals surface area contributed by atoms with Crippen molar-refractivity contribution in [3.63, 3.8) is 0 Å². The molecule has 0 fully saturated rings. The zero-order valence-electron chi connectivity index (χ0n) is 20.4. The summed E-state index contributed by atoms with van der Waals surface area (Å²) in [6, 6.07) is 0. The van der Waals surface area contributed by atoms with Gasteiger partial charge in [-0.05, 0) is 20.3 Å². The van der Waals surface area contributed by atoms with Crippen LogP contribution >= 0.6 is 0 Å². The van der Waals surface area contributed by atoms with Crippen molar-refractivity contribution in [1.82, 2.24) is 0 Å². The van der Waals surface area contributed by atoms with Gasteiger partial charge in [0, 0.05) is 6.42 Å². The van der Waals surface area contributed by atoms with Crippen molar-refractivity contribution in [3.8, 4) is 0 Å². The average molecular weight is 467 g/mol. The Kier molecular flexibility index (Phi) is 24.9. The Labute approximate surface area is 232 Å². The van der Waals surface area contributed by atoms with Crippen molar-refractivity contribution in [2.75, 3.05) is 0 Å². The van der Waals surface area contributed by atoms with Crippen LogP contribution in [0.25, 0.3) is 0 Å². The number of carboxylic acids is 1. The van der Waals surface area contributed by atoms with Crippen LogP contribution in [0.2, 0.25) is 0 Å². The van der Waals surface area contributed by atoms with Crippen LogP contribution < -0.4 is 56.5 Å². The van der Waals surface area contributed by atoms with Gasteiger partial charge in [0.05, 0.1) is 5.97 Å². The SMILES string of the molecule is CCCCCCCCCCCCCCCCCC(=O)OC(C)C(=O)OC(C)C(=O)[O-].[K+]. The standard InChI is InChI=1S/C24H44O6.K/c1-4-5-6-7-8-9-10-11-12-13-14-15-16-17-18-19-22(25)29-21(3)24(28)30-20(2)23(26)27;/h20-21H,4-19H2,1-3H3,(H,26,27);/q;+1/p-1.